The van der Waals surface area contributed by atoms with E-state index in [1.54, 1.807) is 7.11 Å². The van der Waals surface area contributed by atoms with Crippen LogP contribution in [0.15, 0.2) is 30.5 Å². The standard InChI is InChI=1S/C23H31N7O/c1-28-22-20(16-24-28)21(25-17-7-6-10-19(15-17)31-2)26-23(27-22)30-13-11-29(12-14-30)18-8-4-3-5-9-18/h6-7,10,15-16,18H,3-5,8-9,11-14H2,1-2H3,(H,25,26,27). The monoisotopic (exact) mass is 421 g/mol. The summed E-state index contributed by atoms with van der Waals surface area (Å²) in [5, 5.41) is 8.78. The van der Waals surface area contributed by atoms with Crippen molar-refractivity contribution < 1.29 is 4.74 Å². The summed E-state index contributed by atoms with van der Waals surface area (Å²) >= 11 is 0. The molecule has 1 saturated heterocycles. The molecule has 5 rings (SSSR count). The smallest absolute Gasteiger partial charge is 0.229 e. The Bertz CT molecular complexity index is 1040. The second kappa shape index (κ2) is 8.70. The van der Waals surface area contributed by atoms with E-state index in [-0.39, 0.29) is 0 Å². The number of ether oxygens (including phenoxy) is 1. The first-order valence-corrected chi connectivity index (χ1v) is 11.3. The molecule has 0 unspecified atom stereocenters. The Kier molecular flexibility index (Phi) is 5.63. The molecule has 8 nitrogen and oxygen atoms in total. The van der Waals surface area contributed by atoms with Crippen molar-refractivity contribution in [3.8, 4) is 5.75 Å². The summed E-state index contributed by atoms with van der Waals surface area (Å²) in [5.74, 6) is 2.35. The van der Waals surface area contributed by atoms with Gasteiger partial charge in [0.05, 0.1) is 18.7 Å². The molecule has 1 aromatic carbocycles. The van der Waals surface area contributed by atoms with Crippen LogP contribution < -0.4 is 15.0 Å². The van der Waals surface area contributed by atoms with Crippen molar-refractivity contribution in [1.82, 2.24) is 24.6 Å². The lowest BCUT2D eigenvalue weighted by Crippen LogP contribution is -2.51. The molecule has 2 aliphatic rings. The molecule has 0 bridgehead atoms. The molecule has 0 atom stereocenters. The summed E-state index contributed by atoms with van der Waals surface area (Å²) in [6.45, 7) is 4.07. The number of rotatable bonds is 5. The normalized spacial score (nSPS) is 18.5. The zero-order chi connectivity index (χ0) is 21.2. The van der Waals surface area contributed by atoms with Crippen molar-refractivity contribution in [3.05, 3.63) is 30.5 Å². The fourth-order valence-electron chi connectivity index (χ4n) is 4.82. The molecule has 1 aliphatic heterocycles. The molecule has 164 valence electrons. The number of benzene rings is 1. The Hall–Kier alpha value is -2.87. The number of aryl methyl sites for hydroxylation is 1. The van der Waals surface area contributed by atoms with E-state index in [0.29, 0.717) is 0 Å². The average Bonchev–Trinajstić information content (AvgIpc) is 3.21. The first kappa shape index (κ1) is 20.1. The molecule has 0 amide bonds. The number of anilines is 3. The molecule has 1 saturated carbocycles. The van der Waals surface area contributed by atoms with Gasteiger partial charge >= 0.3 is 0 Å². The highest BCUT2D eigenvalue weighted by atomic mass is 16.5. The summed E-state index contributed by atoms with van der Waals surface area (Å²) in [7, 11) is 3.60. The Balaban J connectivity index is 1.38. The van der Waals surface area contributed by atoms with Crippen LogP contribution in [0.3, 0.4) is 0 Å². The third-order valence-electron chi connectivity index (χ3n) is 6.60. The lowest BCUT2D eigenvalue weighted by Gasteiger charge is -2.40. The van der Waals surface area contributed by atoms with E-state index in [1.807, 2.05) is 42.2 Å². The van der Waals surface area contributed by atoms with Gasteiger partial charge in [0.25, 0.3) is 0 Å². The van der Waals surface area contributed by atoms with Gasteiger partial charge in [-0.1, -0.05) is 25.3 Å². The van der Waals surface area contributed by atoms with Gasteiger partial charge in [-0.2, -0.15) is 15.1 Å². The number of nitrogens with zero attached hydrogens (tertiary/aromatic N) is 6. The van der Waals surface area contributed by atoms with Gasteiger partial charge in [0.2, 0.25) is 5.95 Å². The van der Waals surface area contributed by atoms with Gasteiger partial charge in [-0.3, -0.25) is 9.58 Å². The van der Waals surface area contributed by atoms with Crippen molar-refractivity contribution >= 4 is 28.5 Å². The second-order valence-corrected chi connectivity index (χ2v) is 8.55. The van der Waals surface area contributed by atoms with E-state index in [1.165, 1.54) is 32.1 Å². The van der Waals surface area contributed by atoms with Crippen LogP contribution in [-0.2, 0) is 7.05 Å². The van der Waals surface area contributed by atoms with Gasteiger partial charge in [-0.25, -0.2) is 0 Å². The molecule has 0 radical (unpaired) electrons. The first-order valence-electron chi connectivity index (χ1n) is 11.3. The third kappa shape index (κ3) is 4.17. The van der Waals surface area contributed by atoms with Gasteiger partial charge in [-0.15, -0.1) is 0 Å². The lowest BCUT2D eigenvalue weighted by molar-refractivity contribution is 0.147. The Morgan fingerprint density at radius 1 is 1.03 bits per heavy atom. The third-order valence-corrected chi connectivity index (χ3v) is 6.60. The van der Waals surface area contributed by atoms with Gasteiger partial charge in [0.15, 0.2) is 5.65 Å². The van der Waals surface area contributed by atoms with Crippen LogP contribution in [0.2, 0.25) is 0 Å². The fraction of sp³-hybridized carbons (Fsp3) is 0.522. The number of hydrogen-bond donors (Lipinski definition) is 1. The quantitative estimate of drug-likeness (QED) is 0.675. The minimum atomic E-state index is 0.765. The predicted octanol–water partition coefficient (Wildman–Crippen LogP) is 3.57. The maximum atomic E-state index is 5.36. The number of aromatic nitrogens is 4. The summed E-state index contributed by atoms with van der Waals surface area (Å²) in [6, 6.07) is 8.64. The van der Waals surface area contributed by atoms with E-state index >= 15 is 0 Å². The largest absolute Gasteiger partial charge is 0.497 e. The fourth-order valence-corrected chi connectivity index (χ4v) is 4.82. The Morgan fingerprint density at radius 3 is 2.61 bits per heavy atom. The van der Waals surface area contributed by atoms with Crippen LogP contribution in [0.25, 0.3) is 11.0 Å². The average molecular weight is 422 g/mol. The molecule has 0 spiro atoms. The predicted molar refractivity (Wildman–Crippen MR) is 123 cm³/mol. The Morgan fingerprint density at radius 2 is 1.84 bits per heavy atom. The van der Waals surface area contributed by atoms with Crippen LogP contribution in [-0.4, -0.2) is 64.0 Å². The maximum Gasteiger partial charge on any atom is 0.229 e. The number of fused-ring (bicyclic) bond motifs is 1. The van der Waals surface area contributed by atoms with Crippen molar-refractivity contribution in [2.75, 3.05) is 43.5 Å². The second-order valence-electron chi connectivity index (χ2n) is 8.55. The van der Waals surface area contributed by atoms with Gasteiger partial charge in [0.1, 0.15) is 11.6 Å². The SMILES string of the molecule is COc1cccc(Nc2nc(N3CCN(C4CCCCC4)CC3)nc3c2cnn3C)c1. The summed E-state index contributed by atoms with van der Waals surface area (Å²) in [6.07, 6.45) is 8.69. The molecule has 31 heavy (non-hydrogen) atoms. The number of piperazine rings is 1. The number of hydrogen-bond acceptors (Lipinski definition) is 7. The molecule has 2 fully saturated rings. The van der Waals surface area contributed by atoms with E-state index < -0.39 is 0 Å². The Labute approximate surface area is 183 Å². The highest BCUT2D eigenvalue weighted by Gasteiger charge is 2.27. The van der Waals surface area contributed by atoms with E-state index in [0.717, 1.165) is 66.5 Å². The van der Waals surface area contributed by atoms with Crippen LogP contribution in [0.1, 0.15) is 32.1 Å². The highest BCUT2D eigenvalue weighted by Crippen LogP contribution is 2.29. The van der Waals surface area contributed by atoms with Crippen LogP contribution in [0.5, 0.6) is 5.75 Å². The van der Waals surface area contributed by atoms with Crippen molar-refractivity contribution in [2.24, 2.45) is 7.05 Å². The van der Waals surface area contributed by atoms with E-state index in [9.17, 15) is 0 Å². The molecule has 3 aromatic rings. The molecular weight excluding hydrogens is 390 g/mol. The molecule has 8 heteroatoms. The van der Waals surface area contributed by atoms with E-state index in [4.69, 9.17) is 14.7 Å². The van der Waals surface area contributed by atoms with Crippen LogP contribution in [0.4, 0.5) is 17.5 Å². The zero-order valence-corrected chi connectivity index (χ0v) is 18.4. The maximum absolute atomic E-state index is 5.36. The molecule has 2 aromatic heterocycles. The summed E-state index contributed by atoms with van der Waals surface area (Å²) in [5.41, 5.74) is 1.77. The summed E-state index contributed by atoms with van der Waals surface area (Å²) in [4.78, 5) is 14.8. The van der Waals surface area contributed by atoms with Gasteiger partial charge in [-0.05, 0) is 25.0 Å². The minimum absolute atomic E-state index is 0.765. The summed E-state index contributed by atoms with van der Waals surface area (Å²) < 4.78 is 7.18. The van der Waals surface area contributed by atoms with Crippen molar-refractivity contribution in [1.29, 1.82) is 0 Å². The first-order chi connectivity index (χ1) is 15.2. The topological polar surface area (TPSA) is 71.3 Å². The highest BCUT2D eigenvalue weighted by molar-refractivity contribution is 5.89. The molecule has 3 heterocycles. The number of nitrogens with one attached hydrogen (secondary N) is 1. The van der Waals surface area contributed by atoms with Crippen LogP contribution in [0, 0.1) is 0 Å². The molecule has 1 N–H and O–H groups in total. The van der Waals surface area contributed by atoms with Gasteiger partial charge < -0.3 is 15.0 Å². The lowest BCUT2D eigenvalue weighted by atomic mass is 9.94. The van der Waals surface area contributed by atoms with Crippen LogP contribution >= 0.6 is 0 Å². The van der Waals surface area contributed by atoms with E-state index in [2.05, 4.69) is 20.2 Å². The zero-order valence-electron chi connectivity index (χ0n) is 18.4. The van der Waals surface area contributed by atoms with Crippen molar-refractivity contribution in [2.45, 2.75) is 38.1 Å². The number of methoxy groups -OCH3 is 1. The van der Waals surface area contributed by atoms with Crippen molar-refractivity contribution in [3.63, 3.8) is 0 Å². The molecule has 1 aliphatic carbocycles. The minimum Gasteiger partial charge on any atom is -0.497 e. The van der Waals surface area contributed by atoms with Gasteiger partial charge in [0, 0.05) is 51.0 Å². The molecular formula is C23H31N7O.